The van der Waals surface area contributed by atoms with Gasteiger partial charge in [-0.25, -0.2) is 4.68 Å². The van der Waals surface area contributed by atoms with E-state index in [4.69, 9.17) is 10.8 Å². The largest absolute Gasteiger partial charge is 0.481 e. The second-order valence-electron chi connectivity index (χ2n) is 5.96. The standard InChI is InChI=1S/C16H15F3N4O2/c1-15(2,16(17,18)19)23-14(21)11(8-20)13(22-23)10-5-3-9(4-6-10)7-12(24)25/h3-6H,7,21H2,1-2H3,(H,24,25). The third kappa shape index (κ3) is 3.28. The average Bonchev–Trinajstić information content (AvgIpc) is 2.83. The van der Waals surface area contributed by atoms with Crippen molar-refractivity contribution in [2.24, 2.45) is 0 Å². The summed E-state index contributed by atoms with van der Waals surface area (Å²) in [6, 6.07) is 7.78. The van der Waals surface area contributed by atoms with Gasteiger partial charge in [0.2, 0.25) is 0 Å². The maximum Gasteiger partial charge on any atom is 0.413 e. The molecule has 132 valence electrons. The van der Waals surface area contributed by atoms with E-state index in [2.05, 4.69) is 5.10 Å². The number of nitriles is 1. The van der Waals surface area contributed by atoms with E-state index >= 15 is 0 Å². The van der Waals surface area contributed by atoms with Gasteiger partial charge < -0.3 is 10.8 Å². The molecule has 0 aliphatic rings. The highest BCUT2D eigenvalue weighted by molar-refractivity contribution is 5.74. The number of carboxylic acid groups (broad SMARTS) is 1. The van der Waals surface area contributed by atoms with Gasteiger partial charge in [0, 0.05) is 5.56 Å². The Labute approximate surface area is 141 Å². The second kappa shape index (κ2) is 6.12. The SMILES string of the molecule is CC(C)(n1nc(-c2ccc(CC(=O)O)cc2)c(C#N)c1N)C(F)(F)F. The van der Waals surface area contributed by atoms with Crippen molar-refractivity contribution in [2.75, 3.05) is 5.73 Å². The Morgan fingerprint density at radius 3 is 2.32 bits per heavy atom. The first-order valence-electron chi connectivity index (χ1n) is 7.16. The maximum atomic E-state index is 13.3. The maximum absolute atomic E-state index is 13.3. The number of alkyl halides is 3. The highest BCUT2D eigenvalue weighted by Gasteiger charge is 2.51. The third-order valence-electron chi connectivity index (χ3n) is 3.84. The van der Waals surface area contributed by atoms with Crippen molar-refractivity contribution in [3.63, 3.8) is 0 Å². The van der Waals surface area contributed by atoms with Crippen molar-refractivity contribution in [1.82, 2.24) is 9.78 Å². The predicted molar refractivity (Wildman–Crippen MR) is 83.5 cm³/mol. The van der Waals surface area contributed by atoms with Crippen LogP contribution >= 0.6 is 0 Å². The Bertz CT molecular complexity index is 846. The zero-order valence-electron chi connectivity index (χ0n) is 13.4. The van der Waals surface area contributed by atoms with E-state index in [1.807, 2.05) is 0 Å². The Morgan fingerprint density at radius 2 is 1.88 bits per heavy atom. The Morgan fingerprint density at radius 1 is 1.32 bits per heavy atom. The van der Waals surface area contributed by atoms with Crippen LogP contribution in [0.4, 0.5) is 19.0 Å². The summed E-state index contributed by atoms with van der Waals surface area (Å²) >= 11 is 0. The van der Waals surface area contributed by atoms with Gasteiger partial charge in [0.25, 0.3) is 0 Å². The molecule has 0 spiro atoms. The molecule has 25 heavy (non-hydrogen) atoms. The lowest BCUT2D eigenvalue weighted by Crippen LogP contribution is -2.43. The van der Waals surface area contributed by atoms with Crippen LogP contribution in [0, 0.1) is 11.3 Å². The molecule has 2 aromatic rings. The number of rotatable bonds is 4. The van der Waals surface area contributed by atoms with Crippen LogP contribution in [0.5, 0.6) is 0 Å². The molecule has 1 heterocycles. The van der Waals surface area contributed by atoms with Crippen LogP contribution in [0.15, 0.2) is 24.3 Å². The summed E-state index contributed by atoms with van der Waals surface area (Å²) < 4.78 is 40.4. The van der Waals surface area contributed by atoms with Crippen molar-refractivity contribution < 1.29 is 23.1 Å². The average molecular weight is 352 g/mol. The summed E-state index contributed by atoms with van der Waals surface area (Å²) in [7, 11) is 0. The Kier molecular flexibility index (Phi) is 4.49. The van der Waals surface area contributed by atoms with E-state index in [9.17, 15) is 23.2 Å². The summed E-state index contributed by atoms with van der Waals surface area (Å²) in [5, 5.41) is 21.9. The van der Waals surface area contributed by atoms with Crippen LogP contribution in [0.3, 0.4) is 0 Å². The lowest BCUT2D eigenvalue weighted by Gasteiger charge is -2.28. The minimum atomic E-state index is -4.62. The van der Waals surface area contributed by atoms with Crippen LogP contribution < -0.4 is 5.73 Å². The fraction of sp³-hybridized carbons (Fsp3) is 0.312. The number of nitrogens with zero attached hydrogens (tertiary/aromatic N) is 3. The molecule has 3 N–H and O–H groups in total. The second-order valence-corrected chi connectivity index (χ2v) is 5.96. The van der Waals surface area contributed by atoms with Gasteiger partial charge in [-0.2, -0.15) is 23.5 Å². The topological polar surface area (TPSA) is 105 Å². The molecule has 0 radical (unpaired) electrons. The fourth-order valence-electron chi connectivity index (χ4n) is 2.24. The molecule has 0 aliphatic carbocycles. The molecule has 1 aromatic carbocycles. The van der Waals surface area contributed by atoms with Gasteiger partial charge in [-0.15, -0.1) is 0 Å². The van der Waals surface area contributed by atoms with Crippen molar-refractivity contribution >= 4 is 11.8 Å². The molecule has 2 rings (SSSR count). The first kappa shape index (κ1) is 18.3. The molecular formula is C16H15F3N4O2. The van der Waals surface area contributed by atoms with Crippen LogP contribution in [0.2, 0.25) is 0 Å². The summed E-state index contributed by atoms with van der Waals surface area (Å²) in [4.78, 5) is 10.7. The zero-order chi connectivity index (χ0) is 19.0. The van der Waals surface area contributed by atoms with Crippen LogP contribution in [0.25, 0.3) is 11.3 Å². The first-order chi connectivity index (χ1) is 11.5. The number of benzene rings is 1. The number of carboxylic acids is 1. The highest BCUT2D eigenvalue weighted by Crippen LogP contribution is 2.39. The first-order valence-corrected chi connectivity index (χ1v) is 7.16. The van der Waals surface area contributed by atoms with E-state index in [0.717, 1.165) is 13.8 Å². The summed E-state index contributed by atoms with van der Waals surface area (Å²) in [6.07, 6.45) is -4.81. The molecule has 6 nitrogen and oxygen atoms in total. The van der Waals surface area contributed by atoms with Crippen LogP contribution in [-0.2, 0) is 16.8 Å². The number of aliphatic carboxylic acids is 1. The summed E-state index contributed by atoms with van der Waals surface area (Å²) in [5.41, 5.74) is 4.06. The van der Waals surface area contributed by atoms with Gasteiger partial charge in [-0.3, -0.25) is 4.79 Å². The number of hydrogen-bond acceptors (Lipinski definition) is 4. The minimum Gasteiger partial charge on any atom is -0.481 e. The molecule has 1 aromatic heterocycles. The molecule has 0 amide bonds. The number of anilines is 1. The lowest BCUT2D eigenvalue weighted by molar-refractivity contribution is -0.205. The minimum absolute atomic E-state index is 0.0131. The normalized spacial score (nSPS) is 12.0. The molecule has 0 saturated heterocycles. The molecule has 9 heteroatoms. The van der Waals surface area contributed by atoms with Crippen molar-refractivity contribution in [3.05, 3.63) is 35.4 Å². The number of carbonyl (C=O) groups is 1. The number of nitrogens with two attached hydrogens (primary N) is 1. The van der Waals surface area contributed by atoms with Crippen LogP contribution in [0.1, 0.15) is 25.0 Å². The molecule has 0 unspecified atom stereocenters. The zero-order valence-corrected chi connectivity index (χ0v) is 13.4. The smallest absolute Gasteiger partial charge is 0.413 e. The van der Waals surface area contributed by atoms with Gasteiger partial charge in [0.15, 0.2) is 5.54 Å². The summed E-state index contributed by atoms with van der Waals surface area (Å²) in [5.74, 6) is -1.39. The monoisotopic (exact) mass is 352 g/mol. The lowest BCUT2D eigenvalue weighted by atomic mass is 10.0. The molecule has 0 fully saturated rings. The van der Waals surface area contributed by atoms with E-state index < -0.39 is 17.7 Å². The quantitative estimate of drug-likeness (QED) is 0.880. The third-order valence-corrected chi connectivity index (χ3v) is 3.84. The number of nitrogen functional groups attached to an aromatic ring is 1. The van der Waals surface area contributed by atoms with Gasteiger partial charge in [-0.1, -0.05) is 24.3 Å². The summed E-state index contributed by atoms with van der Waals surface area (Å²) in [6.45, 7) is 1.83. The molecular weight excluding hydrogens is 337 g/mol. The number of hydrogen-bond donors (Lipinski definition) is 2. The Balaban J connectivity index is 2.55. The fourth-order valence-corrected chi connectivity index (χ4v) is 2.24. The van der Waals surface area contributed by atoms with Gasteiger partial charge in [0.1, 0.15) is 23.1 Å². The highest BCUT2D eigenvalue weighted by atomic mass is 19.4. The molecule has 0 bridgehead atoms. The molecule has 0 atom stereocenters. The number of halogens is 3. The molecule has 0 aliphatic heterocycles. The van der Waals surface area contributed by atoms with Gasteiger partial charge >= 0.3 is 12.1 Å². The van der Waals surface area contributed by atoms with Crippen molar-refractivity contribution in [2.45, 2.75) is 32.0 Å². The van der Waals surface area contributed by atoms with Gasteiger partial charge in [-0.05, 0) is 19.4 Å². The van der Waals surface area contributed by atoms with E-state index in [-0.39, 0.29) is 23.5 Å². The van der Waals surface area contributed by atoms with Gasteiger partial charge in [0.05, 0.1) is 6.42 Å². The Hall–Kier alpha value is -3.02. The van der Waals surface area contributed by atoms with Crippen molar-refractivity contribution in [1.29, 1.82) is 5.26 Å². The van der Waals surface area contributed by atoms with Crippen molar-refractivity contribution in [3.8, 4) is 17.3 Å². The van der Waals surface area contributed by atoms with E-state index in [0.29, 0.717) is 15.8 Å². The van der Waals surface area contributed by atoms with E-state index in [1.165, 1.54) is 24.3 Å². The molecule has 0 saturated carbocycles. The van der Waals surface area contributed by atoms with Crippen LogP contribution in [-0.4, -0.2) is 27.0 Å². The number of aromatic nitrogens is 2. The van der Waals surface area contributed by atoms with E-state index in [1.54, 1.807) is 6.07 Å². The predicted octanol–water partition coefficient (Wildman–Crippen LogP) is 2.93.